The van der Waals surface area contributed by atoms with E-state index >= 15 is 0 Å². The predicted octanol–water partition coefficient (Wildman–Crippen LogP) is 1.93. The van der Waals surface area contributed by atoms with Gasteiger partial charge >= 0.3 is 0 Å². The highest BCUT2D eigenvalue weighted by Gasteiger charge is 2.28. The number of carbonyl (C=O) groups excluding carboxylic acids is 1. The summed E-state index contributed by atoms with van der Waals surface area (Å²) in [7, 11) is 0. The maximum Gasteiger partial charge on any atom is 0.228 e. The number of amides is 1. The summed E-state index contributed by atoms with van der Waals surface area (Å²) in [5, 5.41) is 12.0. The van der Waals surface area contributed by atoms with Crippen LogP contribution in [0.15, 0.2) is 28.4 Å². The summed E-state index contributed by atoms with van der Waals surface area (Å²) in [6.45, 7) is 0.784. The molecule has 1 saturated heterocycles. The van der Waals surface area contributed by atoms with Crippen LogP contribution in [0.4, 0.5) is 0 Å². The third-order valence-electron chi connectivity index (χ3n) is 3.56. The number of hydrogen-bond donors (Lipinski definition) is 1. The molecule has 20 heavy (non-hydrogen) atoms. The van der Waals surface area contributed by atoms with Crippen LogP contribution in [0, 0.1) is 0 Å². The lowest BCUT2D eigenvalue weighted by Gasteiger charge is -2.22. The summed E-state index contributed by atoms with van der Waals surface area (Å²) in [5.41, 5.74) is 1.71. The maximum absolute atomic E-state index is 12.2. The van der Waals surface area contributed by atoms with Crippen molar-refractivity contribution in [2.75, 3.05) is 13.2 Å². The lowest BCUT2D eigenvalue weighted by Crippen LogP contribution is -2.38. The highest BCUT2D eigenvalue weighted by Crippen LogP contribution is 2.25. The van der Waals surface area contributed by atoms with Gasteiger partial charge in [0.25, 0.3) is 0 Å². The van der Waals surface area contributed by atoms with E-state index in [1.165, 1.54) is 11.3 Å². The van der Waals surface area contributed by atoms with Gasteiger partial charge in [-0.05, 0) is 18.9 Å². The number of likely N-dealkylation sites (tertiary alicyclic amines) is 1. The molecule has 0 aromatic carbocycles. The van der Waals surface area contributed by atoms with Crippen molar-refractivity contribution in [2.45, 2.75) is 25.3 Å². The van der Waals surface area contributed by atoms with Gasteiger partial charge in [0.1, 0.15) is 11.3 Å². The van der Waals surface area contributed by atoms with Crippen molar-refractivity contribution in [3.63, 3.8) is 0 Å². The Balaban J connectivity index is 1.67. The molecule has 2 aromatic heterocycles. The zero-order valence-electron chi connectivity index (χ0n) is 11.0. The SMILES string of the molecule is O=C(Cc1csc(-c2ccoc2)n1)N1CCCC1CO. The van der Waals surface area contributed by atoms with Gasteiger partial charge in [-0.15, -0.1) is 11.3 Å². The molecule has 2 aromatic rings. The fourth-order valence-electron chi connectivity index (χ4n) is 2.52. The lowest BCUT2D eigenvalue weighted by atomic mass is 10.2. The molecule has 6 heteroatoms. The van der Waals surface area contributed by atoms with Crippen molar-refractivity contribution >= 4 is 17.2 Å². The molecule has 1 N–H and O–H groups in total. The fourth-order valence-corrected chi connectivity index (χ4v) is 3.32. The molecule has 1 aliphatic heterocycles. The zero-order chi connectivity index (χ0) is 13.9. The standard InChI is InChI=1S/C14H16N2O3S/c17-7-12-2-1-4-16(12)13(18)6-11-9-20-14(15-11)10-3-5-19-8-10/h3,5,8-9,12,17H,1-2,4,6-7H2. The number of nitrogens with zero attached hydrogens (tertiary/aromatic N) is 2. The molecule has 3 heterocycles. The van der Waals surface area contributed by atoms with E-state index in [1.807, 2.05) is 11.4 Å². The van der Waals surface area contributed by atoms with Crippen molar-refractivity contribution in [3.8, 4) is 10.6 Å². The first-order valence-electron chi connectivity index (χ1n) is 6.65. The second-order valence-corrected chi connectivity index (χ2v) is 5.76. The summed E-state index contributed by atoms with van der Waals surface area (Å²) < 4.78 is 5.03. The number of aliphatic hydroxyl groups excluding tert-OH is 1. The van der Waals surface area contributed by atoms with Crippen LogP contribution in [-0.4, -0.2) is 40.1 Å². The molecule has 1 atom stereocenters. The quantitative estimate of drug-likeness (QED) is 0.935. The van der Waals surface area contributed by atoms with E-state index in [1.54, 1.807) is 17.4 Å². The van der Waals surface area contributed by atoms with E-state index in [4.69, 9.17) is 4.42 Å². The first kappa shape index (κ1) is 13.3. The second-order valence-electron chi connectivity index (χ2n) is 4.90. The van der Waals surface area contributed by atoms with Crippen LogP contribution < -0.4 is 0 Å². The van der Waals surface area contributed by atoms with E-state index in [2.05, 4.69) is 4.98 Å². The molecule has 1 fully saturated rings. The van der Waals surface area contributed by atoms with Gasteiger partial charge in [0.15, 0.2) is 0 Å². The van der Waals surface area contributed by atoms with Crippen LogP contribution in [0.3, 0.4) is 0 Å². The molecule has 0 aliphatic carbocycles. The average molecular weight is 292 g/mol. The van der Waals surface area contributed by atoms with E-state index in [0.717, 1.165) is 35.7 Å². The Morgan fingerprint density at radius 2 is 2.50 bits per heavy atom. The number of aliphatic hydroxyl groups is 1. The Labute approximate surface area is 120 Å². The van der Waals surface area contributed by atoms with Crippen LogP contribution in [0.25, 0.3) is 10.6 Å². The van der Waals surface area contributed by atoms with Gasteiger partial charge in [-0.2, -0.15) is 0 Å². The Hall–Kier alpha value is -1.66. The van der Waals surface area contributed by atoms with Gasteiger partial charge in [0.2, 0.25) is 5.91 Å². The van der Waals surface area contributed by atoms with Crippen molar-refractivity contribution in [1.82, 2.24) is 9.88 Å². The largest absolute Gasteiger partial charge is 0.472 e. The second kappa shape index (κ2) is 5.76. The first-order valence-corrected chi connectivity index (χ1v) is 7.53. The molecule has 1 amide bonds. The van der Waals surface area contributed by atoms with Crippen LogP contribution in [0.2, 0.25) is 0 Å². The van der Waals surface area contributed by atoms with Gasteiger partial charge in [0.05, 0.1) is 31.0 Å². The third kappa shape index (κ3) is 2.62. The topological polar surface area (TPSA) is 66.6 Å². The number of hydrogen-bond acceptors (Lipinski definition) is 5. The third-order valence-corrected chi connectivity index (χ3v) is 4.50. The summed E-state index contributed by atoms with van der Waals surface area (Å²) >= 11 is 1.51. The molecule has 3 rings (SSSR count). The van der Waals surface area contributed by atoms with E-state index in [-0.39, 0.29) is 18.6 Å². The highest BCUT2D eigenvalue weighted by atomic mass is 32.1. The summed E-state index contributed by atoms with van der Waals surface area (Å²) in [4.78, 5) is 18.5. The minimum Gasteiger partial charge on any atom is -0.472 e. The number of carbonyl (C=O) groups is 1. The molecular formula is C14H16N2O3S. The minimum absolute atomic E-state index is 0.0190. The van der Waals surface area contributed by atoms with Crippen molar-refractivity contribution < 1.29 is 14.3 Å². The molecule has 0 bridgehead atoms. The minimum atomic E-state index is -0.0190. The van der Waals surface area contributed by atoms with E-state index in [0.29, 0.717) is 6.42 Å². The van der Waals surface area contributed by atoms with Gasteiger partial charge < -0.3 is 14.4 Å². The smallest absolute Gasteiger partial charge is 0.228 e. The maximum atomic E-state index is 12.2. The zero-order valence-corrected chi connectivity index (χ0v) is 11.8. The van der Waals surface area contributed by atoms with Gasteiger partial charge in [0, 0.05) is 17.5 Å². The normalized spacial score (nSPS) is 18.6. The Kier molecular flexibility index (Phi) is 3.84. The predicted molar refractivity (Wildman–Crippen MR) is 75.3 cm³/mol. The molecule has 1 aliphatic rings. The fraction of sp³-hybridized carbons (Fsp3) is 0.429. The molecule has 0 spiro atoms. The van der Waals surface area contributed by atoms with Crippen LogP contribution in [-0.2, 0) is 11.2 Å². The summed E-state index contributed by atoms with van der Waals surface area (Å²) in [6.07, 6.45) is 5.41. The number of rotatable bonds is 4. The Bertz CT molecular complexity index is 579. The molecule has 0 saturated carbocycles. The first-order chi connectivity index (χ1) is 9.78. The van der Waals surface area contributed by atoms with Gasteiger partial charge in [-0.1, -0.05) is 0 Å². The molecule has 106 valence electrons. The number of aromatic nitrogens is 1. The lowest BCUT2D eigenvalue weighted by molar-refractivity contribution is -0.132. The van der Waals surface area contributed by atoms with Gasteiger partial charge in [-0.3, -0.25) is 4.79 Å². The number of thiazole rings is 1. The van der Waals surface area contributed by atoms with Crippen molar-refractivity contribution in [1.29, 1.82) is 0 Å². The van der Waals surface area contributed by atoms with Crippen molar-refractivity contribution in [3.05, 3.63) is 29.7 Å². The monoisotopic (exact) mass is 292 g/mol. The molecule has 5 nitrogen and oxygen atoms in total. The Morgan fingerprint density at radius 3 is 3.25 bits per heavy atom. The highest BCUT2D eigenvalue weighted by molar-refractivity contribution is 7.13. The number of furan rings is 1. The van der Waals surface area contributed by atoms with Crippen LogP contribution in [0.1, 0.15) is 18.5 Å². The molecular weight excluding hydrogens is 276 g/mol. The van der Waals surface area contributed by atoms with E-state index < -0.39 is 0 Å². The van der Waals surface area contributed by atoms with E-state index in [9.17, 15) is 9.90 Å². The Morgan fingerprint density at radius 1 is 1.60 bits per heavy atom. The molecule has 0 radical (unpaired) electrons. The molecule has 1 unspecified atom stereocenters. The average Bonchev–Trinajstić information content (AvgIpc) is 3.19. The van der Waals surface area contributed by atoms with Crippen LogP contribution in [0.5, 0.6) is 0 Å². The van der Waals surface area contributed by atoms with Gasteiger partial charge in [-0.25, -0.2) is 4.98 Å². The van der Waals surface area contributed by atoms with Crippen molar-refractivity contribution in [2.24, 2.45) is 0 Å². The summed E-state index contributed by atoms with van der Waals surface area (Å²) in [5.74, 6) is 0.0468. The summed E-state index contributed by atoms with van der Waals surface area (Å²) in [6, 6.07) is 1.83. The van der Waals surface area contributed by atoms with Crippen LogP contribution >= 0.6 is 11.3 Å².